The molecule has 4 rings (SSSR count). The van der Waals surface area contributed by atoms with Gasteiger partial charge in [0.1, 0.15) is 10.8 Å². The van der Waals surface area contributed by atoms with E-state index in [1.165, 1.54) is 0 Å². The summed E-state index contributed by atoms with van der Waals surface area (Å²) < 4.78 is 6.96. The average Bonchev–Trinajstić information content (AvgIpc) is 3.21. The number of amides is 1. The maximum absolute atomic E-state index is 12.7. The molecule has 1 aliphatic carbocycles. The first-order valence-electron chi connectivity index (χ1n) is 8.86. The molecule has 1 atom stereocenters. The van der Waals surface area contributed by atoms with Crippen LogP contribution >= 0.6 is 34.8 Å². The second kappa shape index (κ2) is 7.78. The van der Waals surface area contributed by atoms with E-state index >= 15 is 0 Å². The number of aryl methyl sites for hydroxylation is 1. The molecule has 2 aromatic heterocycles. The lowest BCUT2D eigenvalue weighted by Gasteiger charge is -2.16. The smallest absolute Gasteiger partial charge is 0.279 e. The van der Waals surface area contributed by atoms with Gasteiger partial charge >= 0.3 is 0 Å². The fourth-order valence-electron chi connectivity index (χ4n) is 3.31. The highest BCUT2D eigenvalue weighted by atomic mass is 35.5. The molecule has 6 nitrogen and oxygen atoms in total. The van der Waals surface area contributed by atoms with E-state index < -0.39 is 0 Å². The molecule has 1 aromatic carbocycles. The summed E-state index contributed by atoms with van der Waals surface area (Å²) in [6, 6.07) is 5.34. The molecular formula is C19H17Cl3N4O2. The average molecular weight is 440 g/mol. The zero-order chi connectivity index (χ0) is 19.8. The molecule has 1 aliphatic rings. The van der Waals surface area contributed by atoms with E-state index in [4.69, 9.17) is 39.3 Å². The van der Waals surface area contributed by atoms with Crippen molar-refractivity contribution in [1.82, 2.24) is 14.9 Å². The Hall–Kier alpha value is -2.02. The first-order valence-corrected chi connectivity index (χ1v) is 9.99. The number of anilines is 1. The molecule has 9 heteroatoms. The van der Waals surface area contributed by atoms with Crippen LogP contribution < -0.4 is 5.32 Å². The molecule has 1 amide bonds. The van der Waals surface area contributed by atoms with Gasteiger partial charge in [-0.1, -0.05) is 52.9 Å². The van der Waals surface area contributed by atoms with E-state index in [0.717, 1.165) is 36.1 Å². The van der Waals surface area contributed by atoms with Crippen molar-refractivity contribution in [2.45, 2.75) is 32.7 Å². The monoisotopic (exact) mass is 438 g/mol. The number of halogens is 3. The zero-order valence-corrected chi connectivity index (χ0v) is 17.3. The van der Waals surface area contributed by atoms with Crippen LogP contribution in [0.5, 0.6) is 0 Å². The number of aromatic nitrogens is 3. The minimum absolute atomic E-state index is 0.271. The van der Waals surface area contributed by atoms with Gasteiger partial charge in [-0.15, -0.1) is 0 Å². The molecule has 0 aliphatic heterocycles. The van der Waals surface area contributed by atoms with E-state index in [0.29, 0.717) is 33.2 Å². The van der Waals surface area contributed by atoms with Crippen LogP contribution in [0.2, 0.25) is 15.1 Å². The van der Waals surface area contributed by atoms with Gasteiger partial charge in [0.15, 0.2) is 11.5 Å². The van der Waals surface area contributed by atoms with Gasteiger partial charge in [0.25, 0.3) is 5.91 Å². The fraction of sp³-hybridized carbons (Fsp3) is 0.316. The van der Waals surface area contributed by atoms with Crippen LogP contribution in [0, 0.1) is 5.92 Å². The van der Waals surface area contributed by atoms with Gasteiger partial charge in [0, 0.05) is 18.2 Å². The van der Waals surface area contributed by atoms with Crippen LogP contribution in [0.15, 0.2) is 28.9 Å². The van der Waals surface area contributed by atoms with Gasteiger partial charge in [-0.05, 0) is 36.5 Å². The zero-order valence-electron chi connectivity index (χ0n) is 15.0. The van der Waals surface area contributed by atoms with Crippen molar-refractivity contribution in [1.29, 1.82) is 0 Å². The van der Waals surface area contributed by atoms with Crippen LogP contribution in [0.3, 0.4) is 0 Å². The minimum Gasteiger partial charge on any atom is -0.360 e. The van der Waals surface area contributed by atoms with Crippen LogP contribution in [0.4, 0.5) is 5.82 Å². The van der Waals surface area contributed by atoms with E-state index in [9.17, 15) is 4.79 Å². The van der Waals surface area contributed by atoms with Gasteiger partial charge in [-0.3, -0.25) is 9.48 Å². The fourth-order valence-corrected chi connectivity index (χ4v) is 3.83. The van der Waals surface area contributed by atoms with Crippen LogP contribution in [-0.4, -0.2) is 20.8 Å². The van der Waals surface area contributed by atoms with Crippen molar-refractivity contribution in [2.24, 2.45) is 5.92 Å². The summed E-state index contributed by atoms with van der Waals surface area (Å²) in [6.45, 7) is 2.59. The Kier molecular flexibility index (Phi) is 5.36. The molecule has 0 saturated carbocycles. The molecule has 0 saturated heterocycles. The summed E-state index contributed by atoms with van der Waals surface area (Å²) >= 11 is 18.2. The number of carbonyl (C=O) groups is 1. The molecule has 146 valence electrons. The summed E-state index contributed by atoms with van der Waals surface area (Å²) in [6.07, 6.45) is 4.26. The standard InChI is InChI=1S/C19H17Cl3N4O2/c1-10-2-5-16-12(6-10)17(25-28-16)19(27)23-18-15(22)9-26(24-18)8-11-3-4-13(20)14(21)7-11/h3-4,7,9-10H,2,5-6,8H2,1H3,(H,23,24,27). The van der Waals surface area contributed by atoms with Gasteiger partial charge in [0.05, 0.1) is 16.6 Å². The number of nitrogens with zero attached hydrogens (tertiary/aromatic N) is 3. The Balaban J connectivity index is 1.51. The Labute approximate surface area is 176 Å². The van der Waals surface area contributed by atoms with Crippen molar-refractivity contribution in [3.63, 3.8) is 0 Å². The van der Waals surface area contributed by atoms with Gasteiger partial charge in [0.2, 0.25) is 0 Å². The number of nitrogens with one attached hydrogen (secondary N) is 1. The highest BCUT2D eigenvalue weighted by Crippen LogP contribution is 2.29. The van der Waals surface area contributed by atoms with E-state index in [1.807, 2.05) is 6.07 Å². The molecule has 0 fully saturated rings. The molecule has 28 heavy (non-hydrogen) atoms. The molecule has 3 aromatic rings. The first-order chi connectivity index (χ1) is 13.4. The molecule has 0 radical (unpaired) electrons. The van der Waals surface area contributed by atoms with Gasteiger partial charge in [-0.25, -0.2) is 0 Å². The van der Waals surface area contributed by atoms with Crippen molar-refractivity contribution >= 4 is 46.5 Å². The van der Waals surface area contributed by atoms with Crippen molar-refractivity contribution < 1.29 is 9.32 Å². The Morgan fingerprint density at radius 2 is 2.11 bits per heavy atom. The predicted molar refractivity (Wildman–Crippen MR) is 108 cm³/mol. The second-order valence-electron chi connectivity index (χ2n) is 7.01. The summed E-state index contributed by atoms with van der Waals surface area (Å²) in [5.74, 6) is 1.18. The van der Waals surface area contributed by atoms with Gasteiger partial charge < -0.3 is 9.84 Å². The molecular weight excluding hydrogens is 423 g/mol. The van der Waals surface area contributed by atoms with E-state index in [2.05, 4.69) is 22.5 Å². The highest BCUT2D eigenvalue weighted by Gasteiger charge is 2.27. The summed E-state index contributed by atoms with van der Waals surface area (Å²) in [5.41, 5.74) is 2.09. The molecule has 2 heterocycles. The quantitative estimate of drug-likeness (QED) is 0.602. The third-order valence-electron chi connectivity index (χ3n) is 4.78. The molecule has 1 N–H and O–H groups in total. The molecule has 0 bridgehead atoms. The van der Waals surface area contributed by atoms with Gasteiger partial charge in [-0.2, -0.15) is 5.10 Å². The topological polar surface area (TPSA) is 73.0 Å². The summed E-state index contributed by atoms with van der Waals surface area (Å²) in [4.78, 5) is 12.7. The van der Waals surface area contributed by atoms with Crippen molar-refractivity contribution in [2.75, 3.05) is 5.32 Å². The van der Waals surface area contributed by atoms with E-state index in [-0.39, 0.29) is 11.7 Å². The van der Waals surface area contributed by atoms with Crippen molar-refractivity contribution in [3.05, 3.63) is 62.0 Å². The van der Waals surface area contributed by atoms with Crippen LogP contribution in [0.1, 0.15) is 40.7 Å². The maximum atomic E-state index is 12.7. The lowest BCUT2D eigenvalue weighted by molar-refractivity contribution is 0.101. The number of carbonyl (C=O) groups excluding carboxylic acids is 1. The van der Waals surface area contributed by atoms with Crippen molar-refractivity contribution in [3.8, 4) is 0 Å². The van der Waals surface area contributed by atoms with E-state index in [1.54, 1.807) is 23.0 Å². The predicted octanol–water partition coefficient (Wildman–Crippen LogP) is 5.26. The number of rotatable bonds is 4. The van der Waals surface area contributed by atoms with Crippen LogP contribution in [-0.2, 0) is 19.4 Å². The molecule has 1 unspecified atom stereocenters. The lowest BCUT2D eigenvalue weighted by atomic mass is 9.88. The number of hydrogen-bond donors (Lipinski definition) is 1. The third-order valence-corrected chi connectivity index (χ3v) is 5.79. The largest absolute Gasteiger partial charge is 0.360 e. The Morgan fingerprint density at radius 3 is 2.89 bits per heavy atom. The number of hydrogen-bond acceptors (Lipinski definition) is 4. The third kappa shape index (κ3) is 3.90. The SMILES string of the molecule is CC1CCc2onc(C(=O)Nc3nn(Cc4ccc(Cl)c(Cl)c4)cc3Cl)c2C1. The lowest BCUT2D eigenvalue weighted by Crippen LogP contribution is -2.18. The Bertz CT molecular complexity index is 1040. The second-order valence-corrected chi connectivity index (χ2v) is 8.23. The minimum atomic E-state index is -0.374. The summed E-state index contributed by atoms with van der Waals surface area (Å²) in [5, 5.41) is 12.3. The number of benzene rings is 1. The molecule has 0 spiro atoms. The summed E-state index contributed by atoms with van der Waals surface area (Å²) in [7, 11) is 0. The number of fused-ring (bicyclic) bond motifs is 1. The highest BCUT2D eigenvalue weighted by molar-refractivity contribution is 6.42. The first kappa shape index (κ1) is 19.3. The Morgan fingerprint density at radius 1 is 1.29 bits per heavy atom. The normalized spacial score (nSPS) is 16.1. The van der Waals surface area contributed by atoms with Crippen LogP contribution in [0.25, 0.3) is 0 Å². The maximum Gasteiger partial charge on any atom is 0.279 e.